The van der Waals surface area contributed by atoms with Crippen LogP contribution in [0.1, 0.15) is 23.2 Å². The minimum Gasteiger partial charge on any atom is -0.466 e. The van der Waals surface area contributed by atoms with Gasteiger partial charge in [0, 0.05) is 0 Å². The summed E-state index contributed by atoms with van der Waals surface area (Å²) in [5.41, 5.74) is -1.07. The van der Waals surface area contributed by atoms with Crippen LogP contribution in [-0.4, -0.2) is 22.5 Å². The molecule has 0 aliphatic heterocycles. The van der Waals surface area contributed by atoms with Gasteiger partial charge in [-0.05, 0) is 25.1 Å². The lowest BCUT2D eigenvalue weighted by Crippen LogP contribution is -2.38. The highest BCUT2D eigenvalue weighted by Gasteiger charge is 2.27. The third-order valence-corrected chi connectivity index (χ3v) is 3.31. The van der Waals surface area contributed by atoms with Crippen molar-refractivity contribution in [3.8, 4) is 0 Å². The van der Waals surface area contributed by atoms with E-state index in [9.17, 15) is 9.90 Å². The predicted molar refractivity (Wildman–Crippen MR) is 71.4 cm³/mol. The first-order valence-electron chi connectivity index (χ1n) is 5.49. The topological polar surface area (TPSA) is 78.3 Å². The number of halogens is 2. The SMILES string of the molecule is CC(O)(CNC(=O)c1cc(Cl)c(Cl)[nH]1)c1ccco1. The van der Waals surface area contributed by atoms with Gasteiger partial charge in [-0.15, -0.1) is 0 Å². The van der Waals surface area contributed by atoms with Crippen LogP contribution < -0.4 is 5.32 Å². The van der Waals surface area contributed by atoms with E-state index < -0.39 is 11.5 Å². The van der Waals surface area contributed by atoms with E-state index in [-0.39, 0.29) is 22.4 Å². The Hall–Kier alpha value is -1.43. The zero-order valence-electron chi connectivity index (χ0n) is 10.0. The summed E-state index contributed by atoms with van der Waals surface area (Å²) in [6.45, 7) is 1.54. The molecule has 19 heavy (non-hydrogen) atoms. The summed E-state index contributed by atoms with van der Waals surface area (Å²) in [5, 5.41) is 13.2. The molecule has 1 unspecified atom stereocenters. The highest BCUT2D eigenvalue weighted by Crippen LogP contribution is 2.22. The highest BCUT2D eigenvalue weighted by atomic mass is 35.5. The lowest BCUT2D eigenvalue weighted by Gasteiger charge is -2.20. The minimum atomic E-state index is -1.29. The summed E-state index contributed by atoms with van der Waals surface area (Å²) >= 11 is 11.5. The molecule has 102 valence electrons. The molecule has 0 spiro atoms. The predicted octanol–water partition coefficient (Wildman–Crippen LogP) is 2.55. The Balaban J connectivity index is 2.01. The number of aliphatic hydroxyl groups is 1. The smallest absolute Gasteiger partial charge is 0.267 e. The van der Waals surface area contributed by atoms with Gasteiger partial charge in [0.25, 0.3) is 5.91 Å². The van der Waals surface area contributed by atoms with Gasteiger partial charge >= 0.3 is 0 Å². The zero-order valence-corrected chi connectivity index (χ0v) is 11.5. The van der Waals surface area contributed by atoms with Gasteiger partial charge in [0.15, 0.2) is 0 Å². The normalized spacial score (nSPS) is 14.1. The highest BCUT2D eigenvalue weighted by molar-refractivity contribution is 6.41. The standard InChI is InChI=1S/C12H12Cl2N2O3/c1-12(18,9-3-2-4-19-9)6-15-11(17)8-5-7(13)10(14)16-8/h2-5,16,18H,6H2,1H3,(H,15,17). The number of carbonyl (C=O) groups excluding carboxylic acids is 1. The van der Waals surface area contributed by atoms with Crippen LogP contribution >= 0.6 is 23.2 Å². The number of hydrogen-bond acceptors (Lipinski definition) is 3. The molecule has 2 rings (SSSR count). The second-order valence-electron chi connectivity index (χ2n) is 4.28. The molecule has 3 N–H and O–H groups in total. The van der Waals surface area contributed by atoms with E-state index in [1.807, 2.05) is 0 Å². The van der Waals surface area contributed by atoms with Crippen LogP contribution in [0.3, 0.4) is 0 Å². The fourth-order valence-electron chi connectivity index (χ4n) is 1.55. The molecule has 0 fully saturated rings. The Morgan fingerprint density at radius 1 is 1.58 bits per heavy atom. The molecule has 0 saturated carbocycles. The number of hydrogen-bond donors (Lipinski definition) is 3. The molecular weight excluding hydrogens is 291 g/mol. The van der Waals surface area contributed by atoms with Crippen molar-refractivity contribution in [1.82, 2.24) is 10.3 Å². The van der Waals surface area contributed by atoms with Crippen molar-refractivity contribution in [2.45, 2.75) is 12.5 Å². The van der Waals surface area contributed by atoms with E-state index >= 15 is 0 Å². The third-order valence-electron chi connectivity index (χ3n) is 2.61. The number of amides is 1. The largest absolute Gasteiger partial charge is 0.466 e. The molecule has 1 amide bonds. The molecule has 0 bridgehead atoms. The summed E-state index contributed by atoms with van der Waals surface area (Å²) in [6.07, 6.45) is 1.45. The number of aromatic nitrogens is 1. The fraction of sp³-hybridized carbons (Fsp3) is 0.250. The number of rotatable bonds is 4. The maximum absolute atomic E-state index is 11.8. The second kappa shape index (κ2) is 5.28. The van der Waals surface area contributed by atoms with Crippen molar-refractivity contribution in [3.05, 3.63) is 46.1 Å². The first kappa shape index (κ1) is 14.0. The number of carbonyl (C=O) groups is 1. The van der Waals surface area contributed by atoms with Crippen LogP contribution in [-0.2, 0) is 5.60 Å². The Morgan fingerprint density at radius 3 is 2.84 bits per heavy atom. The maximum Gasteiger partial charge on any atom is 0.267 e. The molecule has 5 nitrogen and oxygen atoms in total. The van der Waals surface area contributed by atoms with Crippen LogP contribution in [0.15, 0.2) is 28.9 Å². The Morgan fingerprint density at radius 2 is 2.32 bits per heavy atom. The molecule has 0 aliphatic carbocycles. The first-order valence-corrected chi connectivity index (χ1v) is 6.24. The van der Waals surface area contributed by atoms with Crippen molar-refractivity contribution in [1.29, 1.82) is 0 Å². The van der Waals surface area contributed by atoms with Crippen LogP contribution in [0.4, 0.5) is 0 Å². The van der Waals surface area contributed by atoms with Crippen molar-refractivity contribution < 1.29 is 14.3 Å². The van der Waals surface area contributed by atoms with Gasteiger partial charge in [-0.25, -0.2) is 0 Å². The van der Waals surface area contributed by atoms with Gasteiger partial charge in [-0.1, -0.05) is 23.2 Å². The van der Waals surface area contributed by atoms with Crippen molar-refractivity contribution in [3.63, 3.8) is 0 Å². The third kappa shape index (κ3) is 3.12. The molecule has 2 aromatic heterocycles. The van der Waals surface area contributed by atoms with Gasteiger partial charge in [0.2, 0.25) is 0 Å². The Bertz CT molecular complexity index is 556. The van der Waals surface area contributed by atoms with Gasteiger partial charge in [0.05, 0.1) is 17.8 Å². The van der Waals surface area contributed by atoms with Crippen molar-refractivity contribution in [2.24, 2.45) is 0 Å². The quantitative estimate of drug-likeness (QED) is 0.812. The summed E-state index contributed by atoms with van der Waals surface area (Å²) in [5.74, 6) is -0.0454. The fourth-order valence-corrected chi connectivity index (χ4v) is 1.86. The maximum atomic E-state index is 11.8. The van der Waals surface area contributed by atoms with Gasteiger partial charge in [-0.2, -0.15) is 0 Å². The monoisotopic (exact) mass is 302 g/mol. The molecular formula is C12H12Cl2N2O3. The lowest BCUT2D eigenvalue weighted by molar-refractivity contribution is 0.0329. The van der Waals surface area contributed by atoms with E-state index in [0.717, 1.165) is 0 Å². The molecule has 0 saturated heterocycles. The Labute approximate surface area is 119 Å². The number of H-pyrrole nitrogens is 1. The van der Waals surface area contributed by atoms with E-state index in [1.54, 1.807) is 19.1 Å². The van der Waals surface area contributed by atoms with Crippen LogP contribution in [0.25, 0.3) is 0 Å². The van der Waals surface area contributed by atoms with E-state index in [4.69, 9.17) is 27.6 Å². The van der Waals surface area contributed by atoms with Crippen molar-refractivity contribution >= 4 is 29.1 Å². The van der Waals surface area contributed by atoms with Crippen molar-refractivity contribution in [2.75, 3.05) is 6.54 Å². The first-order chi connectivity index (χ1) is 8.90. The van der Waals surface area contributed by atoms with E-state index in [1.165, 1.54) is 12.3 Å². The summed E-state index contributed by atoms with van der Waals surface area (Å²) in [4.78, 5) is 14.5. The summed E-state index contributed by atoms with van der Waals surface area (Å²) < 4.78 is 5.11. The van der Waals surface area contributed by atoms with Crippen LogP contribution in [0.5, 0.6) is 0 Å². The second-order valence-corrected chi connectivity index (χ2v) is 5.06. The zero-order chi connectivity index (χ0) is 14.0. The molecule has 2 aromatic rings. The molecule has 7 heteroatoms. The minimum absolute atomic E-state index is 0.00634. The lowest BCUT2D eigenvalue weighted by atomic mass is 10.0. The molecule has 0 radical (unpaired) electrons. The Kier molecular flexibility index (Phi) is 3.89. The summed E-state index contributed by atoms with van der Waals surface area (Å²) in [7, 11) is 0. The average molecular weight is 303 g/mol. The van der Waals surface area contributed by atoms with Gasteiger partial charge in [-0.3, -0.25) is 4.79 Å². The number of aromatic amines is 1. The number of furan rings is 1. The molecule has 1 atom stereocenters. The van der Waals surface area contributed by atoms with Crippen LogP contribution in [0, 0.1) is 0 Å². The van der Waals surface area contributed by atoms with Gasteiger partial charge < -0.3 is 19.8 Å². The molecule has 2 heterocycles. The van der Waals surface area contributed by atoms with E-state index in [2.05, 4.69) is 10.3 Å². The molecule has 0 aliphatic rings. The summed E-state index contributed by atoms with van der Waals surface area (Å²) in [6, 6.07) is 4.71. The molecule has 0 aromatic carbocycles. The van der Waals surface area contributed by atoms with E-state index in [0.29, 0.717) is 5.76 Å². The average Bonchev–Trinajstić information content (AvgIpc) is 2.98. The van der Waals surface area contributed by atoms with Crippen LogP contribution in [0.2, 0.25) is 10.2 Å². The number of nitrogens with one attached hydrogen (secondary N) is 2. The van der Waals surface area contributed by atoms with Gasteiger partial charge in [0.1, 0.15) is 22.2 Å².